The Morgan fingerprint density at radius 2 is 1.75 bits per heavy atom. The average molecular weight is 540 g/mol. The van der Waals surface area contributed by atoms with Gasteiger partial charge in [0.2, 0.25) is 11.8 Å². The standard InChI is InChI=1S/C32H37N5O3/c1-32(2,3)24-12-14-25(15-13-24)37-26(20-28(36-37)23-7-6-18-34-21-23)8-4-5-9-30(39)35-29(31(33)40)19-22-10-16-27(38)17-11-22/h6-7,10-18,20-21,29,38H,4-5,8-9,19H2,1-3H3,(H2,33,40)(H,35,39). The Balaban J connectivity index is 1.40. The number of aryl methyl sites for hydroxylation is 1. The summed E-state index contributed by atoms with van der Waals surface area (Å²) < 4.78 is 1.97. The zero-order chi connectivity index (χ0) is 28.7. The Hall–Kier alpha value is -4.46. The van der Waals surface area contributed by atoms with Gasteiger partial charge in [-0.2, -0.15) is 5.10 Å². The Kier molecular flexibility index (Phi) is 8.99. The Labute approximate surface area is 235 Å². The molecule has 2 aromatic carbocycles. The molecule has 0 saturated carbocycles. The molecule has 40 heavy (non-hydrogen) atoms. The molecule has 0 bridgehead atoms. The summed E-state index contributed by atoms with van der Waals surface area (Å²) in [6.45, 7) is 6.57. The van der Waals surface area contributed by atoms with Crippen molar-refractivity contribution >= 4 is 11.8 Å². The number of benzene rings is 2. The summed E-state index contributed by atoms with van der Waals surface area (Å²) in [5, 5.41) is 17.1. The van der Waals surface area contributed by atoms with E-state index in [1.807, 2.05) is 16.8 Å². The first-order chi connectivity index (χ1) is 19.1. The number of amides is 2. The van der Waals surface area contributed by atoms with Crippen molar-refractivity contribution in [3.63, 3.8) is 0 Å². The van der Waals surface area contributed by atoms with Gasteiger partial charge < -0.3 is 16.2 Å². The highest BCUT2D eigenvalue weighted by molar-refractivity contribution is 5.86. The maximum Gasteiger partial charge on any atom is 0.240 e. The number of phenolic OH excluding ortho intramolecular Hbond substituents is 1. The van der Waals surface area contributed by atoms with Gasteiger partial charge in [0.25, 0.3) is 0 Å². The van der Waals surface area contributed by atoms with Crippen molar-refractivity contribution in [1.82, 2.24) is 20.1 Å². The molecule has 4 aromatic rings. The number of aromatic nitrogens is 3. The molecule has 0 spiro atoms. The maximum atomic E-state index is 12.6. The summed E-state index contributed by atoms with van der Waals surface area (Å²) in [6.07, 6.45) is 6.24. The van der Waals surface area contributed by atoms with Crippen molar-refractivity contribution in [1.29, 1.82) is 0 Å². The third-order valence-electron chi connectivity index (χ3n) is 6.86. The Bertz CT molecular complexity index is 1420. The van der Waals surface area contributed by atoms with Gasteiger partial charge in [0.05, 0.1) is 11.4 Å². The SMILES string of the molecule is CC(C)(C)c1ccc(-n2nc(-c3cccnc3)cc2CCCCC(=O)NC(Cc2ccc(O)cc2)C(N)=O)cc1. The number of pyridine rings is 1. The van der Waals surface area contributed by atoms with Gasteiger partial charge in [0, 0.05) is 36.5 Å². The minimum absolute atomic E-state index is 0.0600. The summed E-state index contributed by atoms with van der Waals surface area (Å²) in [5.41, 5.74) is 11.5. The minimum atomic E-state index is -0.809. The molecule has 0 aliphatic carbocycles. The molecule has 2 amide bonds. The van der Waals surface area contributed by atoms with Crippen molar-refractivity contribution in [2.45, 2.75) is 64.3 Å². The van der Waals surface area contributed by atoms with E-state index >= 15 is 0 Å². The number of nitrogens with one attached hydrogen (secondary N) is 1. The van der Waals surface area contributed by atoms with Crippen molar-refractivity contribution < 1.29 is 14.7 Å². The zero-order valence-electron chi connectivity index (χ0n) is 23.3. The van der Waals surface area contributed by atoms with E-state index in [4.69, 9.17) is 10.8 Å². The molecular weight excluding hydrogens is 502 g/mol. The van der Waals surface area contributed by atoms with Crippen LogP contribution in [0.15, 0.2) is 79.1 Å². The lowest BCUT2D eigenvalue weighted by Crippen LogP contribution is -2.45. The molecule has 2 heterocycles. The van der Waals surface area contributed by atoms with E-state index in [-0.39, 0.29) is 29.9 Å². The van der Waals surface area contributed by atoms with E-state index in [9.17, 15) is 14.7 Å². The molecule has 8 nitrogen and oxygen atoms in total. The lowest BCUT2D eigenvalue weighted by molar-refractivity contribution is -0.127. The fourth-order valence-corrected chi connectivity index (χ4v) is 4.53. The highest BCUT2D eigenvalue weighted by Gasteiger charge is 2.19. The number of nitrogens with zero attached hydrogens (tertiary/aromatic N) is 3. The molecule has 4 rings (SSSR count). The number of carbonyl (C=O) groups is 2. The van der Waals surface area contributed by atoms with Gasteiger partial charge in [-0.15, -0.1) is 0 Å². The van der Waals surface area contributed by atoms with Gasteiger partial charge in [0.15, 0.2) is 0 Å². The number of hydrogen-bond donors (Lipinski definition) is 3. The van der Waals surface area contributed by atoms with Crippen LogP contribution in [0.3, 0.4) is 0 Å². The van der Waals surface area contributed by atoms with E-state index in [0.29, 0.717) is 6.42 Å². The number of carbonyl (C=O) groups excluding carboxylic acids is 2. The molecule has 4 N–H and O–H groups in total. The Morgan fingerprint density at radius 1 is 1.02 bits per heavy atom. The monoisotopic (exact) mass is 539 g/mol. The molecule has 0 fully saturated rings. The fraction of sp³-hybridized carbons (Fsp3) is 0.312. The summed E-state index contributed by atoms with van der Waals surface area (Å²) in [5.74, 6) is -0.671. The summed E-state index contributed by atoms with van der Waals surface area (Å²) in [7, 11) is 0. The van der Waals surface area contributed by atoms with Crippen LogP contribution in [0.4, 0.5) is 0 Å². The van der Waals surface area contributed by atoms with E-state index in [1.54, 1.807) is 36.7 Å². The van der Waals surface area contributed by atoms with Crippen LogP contribution < -0.4 is 11.1 Å². The van der Waals surface area contributed by atoms with Gasteiger partial charge in [-0.25, -0.2) is 4.68 Å². The van der Waals surface area contributed by atoms with Crippen LogP contribution in [0.25, 0.3) is 16.9 Å². The first-order valence-electron chi connectivity index (χ1n) is 13.6. The van der Waals surface area contributed by atoms with E-state index in [0.717, 1.165) is 41.0 Å². The largest absolute Gasteiger partial charge is 0.508 e. The van der Waals surface area contributed by atoms with Gasteiger partial charge in [-0.05, 0) is 78.3 Å². The van der Waals surface area contributed by atoms with Crippen LogP contribution in [0.1, 0.15) is 56.9 Å². The second-order valence-corrected chi connectivity index (χ2v) is 11.1. The van der Waals surface area contributed by atoms with Gasteiger partial charge in [0.1, 0.15) is 11.8 Å². The Morgan fingerprint density at radius 3 is 2.38 bits per heavy atom. The van der Waals surface area contributed by atoms with E-state index in [1.165, 1.54) is 5.56 Å². The van der Waals surface area contributed by atoms with E-state index < -0.39 is 11.9 Å². The van der Waals surface area contributed by atoms with Crippen LogP contribution in [0.2, 0.25) is 0 Å². The molecule has 1 unspecified atom stereocenters. The lowest BCUT2D eigenvalue weighted by Gasteiger charge is -2.19. The smallest absolute Gasteiger partial charge is 0.240 e. The number of unbranched alkanes of at least 4 members (excludes halogenated alkanes) is 1. The summed E-state index contributed by atoms with van der Waals surface area (Å²) in [6, 6.07) is 20.1. The third-order valence-corrected chi connectivity index (χ3v) is 6.86. The van der Waals surface area contributed by atoms with Gasteiger partial charge >= 0.3 is 0 Å². The first kappa shape index (κ1) is 28.5. The van der Waals surface area contributed by atoms with Crippen LogP contribution >= 0.6 is 0 Å². The molecular formula is C32H37N5O3. The topological polar surface area (TPSA) is 123 Å². The number of primary amides is 1. The molecule has 0 saturated heterocycles. The van der Waals surface area contributed by atoms with Crippen LogP contribution in [0, 0.1) is 0 Å². The number of rotatable bonds is 11. The molecule has 8 heteroatoms. The number of hydrogen-bond acceptors (Lipinski definition) is 5. The highest BCUT2D eigenvalue weighted by atomic mass is 16.3. The van der Waals surface area contributed by atoms with Gasteiger partial charge in [-0.1, -0.05) is 45.0 Å². The second-order valence-electron chi connectivity index (χ2n) is 11.1. The second kappa shape index (κ2) is 12.6. The highest BCUT2D eigenvalue weighted by Crippen LogP contribution is 2.26. The van der Waals surface area contributed by atoms with Crippen molar-refractivity contribution in [2.75, 3.05) is 0 Å². The van der Waals surface area contributed by atoms with Crippen molar-refractivity contribution in [3.05, 3.63) is 95.9 Å². The fourth-order valence-electron chi connectivity index (χ4n) is 4.53. The number of aromatic hydroxyl groups is 1. The van der Waals surface area contributed by atoms with Gasteiger partial charge in [-0.3, -0.25) is 14.6 Å². The van der Waals surface area contributed by atoms with E-state index in [2.05, 4.69) is 61.4 Å². The predicted octanol–water partition coefficient (Wildman–Crippen LogP) is 4.86. The molecule has 208 valence electrons. The quantitative estimate of drug-likeness (QED) is 0.235. The maximum absolute atomic E-state index is 12.6. The zero-order valence-corrected chi connectivity index (χ0v) is 23.3. The number of nitrogens with two attached hydrogens (primary N) is 1. The molecule has 0 radical (unpaired) electrons. The van der Waals surface area contributed by atoms with Crippen LogP contribution in [-0.4, -0.2) is 37.7 Å². The van der Waals surface area contributed by atoms with Crippen LogP contribution in [0.5, 0.6) is 5.75 Å². The van der Waals surface area contributed by atoms with Crippen LogP contribution in [-0.2, 0) is 27.8 Å². The summed E-state index contributed by atoms with van der Waals surface area (Å²) in [4.78, 5) is 28.8. The normalized spacial score (nSPS) is 12.2. The summed E-state index contributed by atoms with van der Waals surface area (Å²) >= 11 is 0. The molecule has 1 atom stereocenters. The molecule has 2 aromatic heterocycles. The predicted molar refractivity (Wildman–Crippen MR) is 156 cm³/mol. The molecule has 0 aliphatic heterocycles. The lowest BCUT2D eigenvalue weighted by atomic mass is 9.87. The number of phenols is 1. The first-order valence-corrected chi connectivity index (χ1v) is 13.6. The van der Waals surface area contributed by atoms with Crippen molar-refractivity contribution in [3.8, 4) is 22.7 Å². The average Bonchev–Trinajstić information content (AvgIpc) is 3.36. The third kappa shape index (κ3) is 7.56. The minimum Gasteiger partial charge on any atom is -0.508 e. The van der Waals surface area contributed by atoms with Crippen molar-refractivity contribution in [2.24, 2.45) is 5.73 Å². The molecule has 0 aliphatic rings.